The monoisotopic (exact) mass is 347 g/mol. The van der Waals surface area contributed by atoms with Gasteiger partial charge in [-0.2, -0.15) is 13.1 Å². The molecule has 0 aliphatic heterocycles. The van der Waals surface area contributed by atoms with Crippen LogP contribution in [0.5, 0.6) is 0 Å². The lowest BCUT2D eigenvalue weighted by Crippen LogP contribution is -2.30. The molecule has 1 atom stereocenters. The van der Waals surface area contributed by atoms with Crippen LogP contribution >= 0.6 is 11.7 Å². The summed E-state index contributed by atoms with van der Waals surface area (Å²) in [6, 6.07) is 12.6. The van der Waals surface area contributed by atoms with Crippen LogP contribution in [0, 0.1) is 6.92 Å². The molecule has 0 bridgehead atoms. The van der Waals surface area contributed by atoms with Gasteiger partial charge in [-0.3, -0.25) is 0 Å². The Hall–Kier alpha value is -1.83. The summed E-state index contributed by atoms with van der Waals surface area (Å²) < 4.78 is 35.6. The van der Waals surface area contributed by atoms with E-state index in [-0.39, 0.29) is 10.9 Å². The van der Waals surface area contributed by atoms with Gasteiger partial charge in [-0.25, -0.2) is 8.42 Å². The fourth-order valence-corrected chi connectivity index (χ4v) is 4.51. The summed E-state index contributed by atoms with van der Waals surface area (Å²) in [4.78, 5) is 0.199. The standard InChI is InChI=1S/C16H17N3O2S2/c1-11-7-9-13(10-8-11)12(2)19(3)23(20,21)15-6-4-5-14-16(15)18-22-17-14/h4-10,12H,1-3H3/t12-/m0/s1. The minimum absolute atomic E-state index is 0.199. The van der Waals surface area contributed by atoms with Gasteiger partial charge < -0.3 is 0 Å². The lowest BCUT2D eigenvalue weighted by molar-refractivity contribution is 0.399. The van der Waals surface area contributed by atoms with Crippen molar-refractivity contribution in [2.24, 2.45) is 0 Å². The molecule has 0 fully saturated rings. The van der Waals surface area contributed by atoms with Crippen molar-refractivity contribution in [3.63, 3.8) is 0 Å². The Balaban J connectivity index is 2.01. The van der Waals surface area contributed by atoms with E-state index in [4.69, 9.17) is 0 Å². The summed E-state index contributed by atoms with van der Waals surface area (Å²) >= 11 is 1.02. The molecule has 3 aromatic rings. The Kier molecular flexibility index (Phi) is 4.18. The molecule has 5 nitrogen and oxygen atoms in total. The van der Waals surface area contributed by atoms with E-state index in [1.807, 2.05) is 38.1 Å². The fourth-order valence-electron chi connectivity index (χ4n) is 2.41. The predicted octanol–water partition coefficient (Wildman–Crippen LogP) is 3.38. The molecule has 0 saturated carbocycles. The molecule has 0 radical (unpaired) electrons. The highest BCUT2D eigenvalue weighted by Gasteiger charge is 2.28. The van der Waals surface area contributed by atoms with Crippen molar-refractivity contribution < 1.29 is 8.42 Å². The van der Waals surface area contributed by atoms with E-state index in [2.05, 4.69) is 8.75 Å². The third-order valence-electron chi connectivity index (χ3n) is 4.01. The van der Waals surface area contributed by atoms with E-state index in [0.29, 0.717) is 11.0 Å². The number of hydrogen-bond donors (Lipinski definition) is 0. The van der Waals surface area contributed by atoms with Gasteiger partial charge in [0.25, 0.3) is 0 Å². The second kappa shape index (κ2) is 5.99. The van der Waals surface area contributed by atoms with Crippen LogP contribution in [0.4, 0.5) is 0 Å². The SMILES string of the molecule is Cc1ccc([C@H](C)N(C)S(=O)(=O)c2cccc3nsnc23)cc1. The van der Waals surface area contributed by atoms with Gasteiger partial charge in [0.15, 0.2) is 0 Å². The fraction of sp³-hybridized carbons (Fsp3) is 0.250. The molecular weight excluding hydrogens is 330 g/mol. The Morgan fingerprint density at radius 2 is 1.78 bits per heavy atom. The van der Waals surface area contributed by atoms with Gasteiger partial charge >= 0.3 is 0 Å². The second-order valence-electron chi connectivity index (χ2n) is 5.50. The molecule has 1 aromatic heterocycles. The normalized spacial score (nSPS) is 13.6. The third-order valence-corrected chi connectivity index (χ3v) is 6.51. The second-order valence-corrected chi connectivity index (χ2v) is 7.99. The highest BCUT2D eigenvalue weighted by atomic mass is 32.2. The lowest BCUT2D eigenvalue weighted by Gasteiger charge is -2.24. The van der Waals surface area contributed by atoms with Crippen LogP contribution in [-0.4, -0.2) is 28.5 Å². The largest absolute Gasteiger partial charge is 0.245 e. The van der Waals surface area contributed by atoms with Gasteiger partial charge in [0.05, 0.1) is 11.7 Å². The summed E-state index contributed by atoms with van der Waals surface area (Å²) in [7, 11) is -2.06. The smallest absolute Gasteiger partial charge is 0.207 e. The summed E-state index contributed by atoms with van der Waals surface area (Å²) in [6.45, 7) is 3.88. The minimum atomic E-state index is -3.66. The van der Waals surface area contributed by atoms with Crippen molar-refractivity contribution in [3.05, 3.63) is 53.6 Å². The average Bonchev–Trinajstić information content (AvgIpc) is 3.02. The molecule has 23 heavy (non-hydrogen) atoms. The molecule has 3 rings (SSSR count). The van der Waals surface area contributed by atoms with Crippen LogP contribution < -0.4 is 0 Å². The summed E-state index contributed by atoms with van der Waals surface area (Å²) in [5.41, 5.74) is 3.13. The molecule has 0 unspecified atom stereocenters. The highest BCUT2D eigenvalue weighted by molar-refractivity contribution is 7.89. The Morgan fingerprint density at radius 1 is 1.09 bits per heavy atom. The van der Waals surface area contributed by atoms with Gasteiger partial charge in [0, 0.05) is 13.1 Å². The van der Waals surface area contributed by atoms with Crippen LogP contribution in [0.3, 0.4) is 0 Å². The maximum Gasteiger partial charge on any atom is 0.245 e. The van der Waals surface area contributed by atoms with Crippen LogP contribution in [-0.2, 0) is 10.0 Å². The number of aryl methyl sites for hydroxylation is 1. The van der Waals surface area contributed by atoms with Crippen LogP contribution in [0.1, 0.15) is 24.1 Å². The molecule has 2 aromatic carbocycles. The molecule has 0 aliphatic rings. The molecule has 0 aliphatic carbocycles. The number of benzene rings is 2. The van der Waals surface area contributed by atoms with Gasteiger partial charge in [-0.15, -0.1) is 0 Å². The van der Waals surface area contributed by atoms with Crippen LogP contribution in [0.2, 0.25) is 0 Å². The zero-order valence-electron chi connectivity index (χ0n) is 13.1. The summed E-state index contributed by atoms with van der Waals surface area (Å²) in [5, 5.41) is 0. The molecular formula is C16H17N3O2S2. The van der Waals surface area contributed by atoms with Crippen LogP contribution in [0.25, 0.3) is 11.0 Å². The third kappa shape index (κ3) is 2.87. The number of sulfonamides is 1. The van der Waals surface area contributed by atoms with E-state index >= 15 is 0 Å². The topological polar surface area (TPSA) is 63.2 Å². The Morgan fingerprint density at radius 3 is 2.48 bits per heavy atom. The number of rotatable bonds is 4. The van der Waals surface area contributed by atoms with E-state index in [0.717, 1.165) is 22.9 Å². The van der Waals surface area contributed by atoms with Crippen molar-refractivity contribution in [3.8, 4) is 0 Å². The first-order valence-corrected chi connectivity index (χ1v) is 9.34. The number of nitrogens with zero attached hydrogens (tertiary/aromatic N) is 3. The van der Waals surface area contributed by atoms with Crippen molar-refractivity contribution in [2.45, 2.75) is 24.8 Å². The summed E-state index contributed by atoms with van der Waals surface area (Å²) in [5.74, 6) is 0. The van der Waals surface area contributed by atoms with E-state index in [9.17, 15) is 8.42 Å². The molecule has 120 valence electrons. The molecule has 0 N–H and O–H groups in total. The van der Waals surface area contributed by atoms with E-state index in [1.54, 1.807) is 25.2 Å². The predicted molar refractivity (Wildman–Crippen MR) is 92.0 cm³/mol. The van der Waals surface area contributed by atoms with Gasteiger partial charge in [-0.05, 0) is 31.5 Å². The van der Waals surface area contributed by atoms with Gasteiger partial charge in [0.1, 0.15) is 15.9 Å². The first kappa shape index (κ1) is 16.0. The van der Waals surface area contributed by atoms with Crippen molar-refractivity contribution >= 4 is 32.8 Å². The first-order chi connectivity index (χ1) is 10.9. The van der Waals surface area contributed by atoms with Gasteiger partial charge in [-0.1, -0.05) is 35.9 Å². The molecule has 1 heterocycles. The van der Waals surface area contributed by atoms with E-state index < -0.39 is 10.0 Å². The van der Waals surface area contributed by atoms with Crippen molar-refractivity contribution in [1.82, 2.24) is 13.1 Å². The quantitative estimate of drug-likeness (QED) is 0.726. The molecule has 7 heteroatoms. The highest BCUT2D eigenvalue weighted by Crippen LogP contribution is 2.29. The maximum absolute atomic E-state index is 13.0. The number of aromatic nitrogens is 2. The Bertz CT molecular complexity index is 933. The number of fused-ring (bicyclic) bond motifs is 1. The molecule has 0 spiro atoms. The van der Waals surface area contributed by atoms with E-state index in [1.165, 1.54) is 4.31 Å². The maximum atomic E-state index is 13.0. The lowest BCUT2D eigenvalue weighted by atomic mass is 10.1. The zero-order valence-corrected chi connectivity index (χ0v) is 14.7. The van der Waals surface area contributed by atoms with Gasteiger partial charge in [0.2, 0.25) is 10.0 Å². The van der Waals surface area contributed by atoms with Crippen molar-refractivity contribution in [1.29, 1.82) is 0 Å². The summed E-state index contributed by atoms with van der Waals surface area (Å²) in [6.07, 6.45) is 0. The average molecular weight is 347 g/mol. The minimum Gasteiger partial charge on any atom is -0.207 e. The zero-order chi connectivity index (χ0) is 16.6. The number of hydrogen-bond acceptors (Lipinski definition) is 5. The van der Waals surface area contributed by atoms with Crippen LogP contribution in [0.15, 0.2) is 47.4 Å². The van der Waals surface area contributed by atoms with Crippen molar-refractivity contribution in [2.75, 3.05) is 7.05 Å². The molecule has 0 amide bonds. The molecule has 0 saturated heterocycles. The Labute approximate surface area is 140 Å². The first-order valence-electron chi connectivity index (χ1n) is 7.17.